The molecule has 0 fully saturated rings. The number of carbonyl (C=O) groups is 1. The third kappa shape index (κ3) is 6.58. The van der Waals surface area contributed by atoms with E-state index in [0.717, 1.165) is 17.5 Å². The smallest absolute Gasteiger partial charge is 0.303 e. The molecule has 0 saturated carbocycles. The minimum atomic E-state index is -0.756. The normalized spacial score (nSPS) is 13.2. The number of carboxylic acids is 1. The van der Waals surface area contributed by atoms with Gasteiger partial charge in [-0.3, -0.25) is 4.79 Å². The summed E-state index contributed by atoms with van der Waals surface area (Å²) >= 11 is 0. The van der Waals surface area contributed by atoms with Crippen molar-refractivity contribution in [3.05, 3.63) is 47.5 Å². The summed E-state index contributed by atoms with van der Waals surface area (Å²) in [6, 6.07) is 7.88. The molecular formula is C16H20O3. The van der Waals surface area contributed by atoms with Gasteiger partial charge in [0.25, 0.3) is 0 Å². The lowest BCUT2D eigenvalue weighted by atomic mass is 10.1. The molecule has 0 aliphatic carbocycles. The zero-order valence-electron chi connectivity index (χ0n) is 11.1. The first-order valence-electron chi connectivity index (χ1n) is 6.43. The van der Waals surface area contributed by atoms with Crippen LogP contribution in [0, 0.1) is 0 Å². The molecule has 1 atom stereocenters. The van der Waals surface area contributed by atoms with Crippen molar-refractivity contribution in [3.8, 4) is 0 Å². The van der Waals surface area contributed by atoms with Crippen molar-refractivity contribution in [2.45, 2.75) is 32.3 Å². The van der Waals surface area contributed by atoms with Crippen LogP contribution in [0.5, 0.6) is 0 Å². The lowest BCUT2D eigenvalue weighted by molar-refractivity contribution is -0.137. The minimum Gasteiger partial charge on any atom is -0.481 e. The molecule has 2 N–H and O–H groups in total. The maximum absolute atomic E-state index is 10.4. The molecule has 0 saturated heterocycles. The Balaban J connectivity index is 2.62. The van der Waals surface area contributed by atoms with Gasteiger partial charge in [-0.2, -0.15) is 0 Å². The number of benzene rings is 1. The van der Waals surface area contributed by atoms with Crippen molar-refractivity contribution in [2.24, 2.45) is 0 Å². The van der Waals surface area contributed by atoms with Crippen LogP contribution in [-0.2, 0) is 4.79 Å². The molecule has 1 unspecified atom stereocenters. The van der Waals surface area contributed by atoms with Crippen molar-refractivity contribution in [3.63, 3.8) is 0 Å². The highest BCUT2D eigenvalue weighted by atomic mass is 16.4. The molecule has 19 heavy (non-hydrogen) atoms. The number of aliphatic hydroxyl groups is 1. The lowest BCUT2D eigenvalue weighted by Crippen LogP contribution is -1.92. The van der Waals surface area contributed by atoms with E-state index >= 15 is 0 Å². The number of aliphatic hydroxyl groups excluding tert-OH is 1. The van der Waals surface area contributed by atoms with Crippen molar-refractivity contribution in [2.75, 3.05) is 0 Å². The Bertz CT molecular complexity index is 459. The van der Waals surface area contributed by atoms with Gasteiger partial charge >= 0.3 is 5.97 Å². The zero-order chi connectivity index (χ0) is 14.1. The number of allylic oxidation sites excluding steroid dienone is 1. The fourth-order valence-electron chi connectivity index (χ4n) is 1.64. The third-order valence-corrected chi connectivity index (χ3v) is 2.61. The Morgan fingerprint density at radius 1 is 1.26 bits per heavy atom. The van der Waals surface area contributed by atoms with E-state index in [1.165, 1.54) is 0 Å². The number of aliphatic carboxylic acids is 1. The van der Waals surface area contributed by atoms with Crippen LogP contribution >= 0.6 is 0 Å². The Morgan fingerprint density at radius 3 is 2.47 bits per heavy atom. The monoisotopic (exact) mass is 260 g/mol. The summed E-state index contributed by atoms with van der Waals surface area (Å²) < 4.78 is 0. The van der Waals surface area contributed by atoms with Crippen LogP contribution in [0.4, 0.5) is 0 Å². The SMILES string of the molecule is CC(O)/C=C/c1ccccc1/C=C/CCCC(=O)O. The van der Waals surface area contributed by atoms with E-state index in [1.807, 2.05) is 42.5 Å². The average Bonchev–Trinajstić information content (AvgIpc) is 2.36. The lowest BCUT2D eigenvalue weighted by Gasteiger charge is -2.01. The van der Waals surface area contributed by atoms with Gasteiger partial charge in [-0.1, -0.05) is 48.6 Å². The van der Waals surface area contributed by atoms with Crippen molar-refractivity contribution in [1.29, 1.82) is 0 Å². The highest BCUT2D eigenvalue weighted by Crippen LogP contribution is 2.14. The molecule has 0 bridgehead atoms. The molecule has 0 aliphatic rings. The molecule has 0 amide bonds. The number of carboxylic acid groups (broad SMARTS) is 1. The number of unbranched alkanes of at least 4 members (excludes halogenated alkanes) is 1. The average molecular weight is 260 g/mol. The van der Waals surface area contributed by atoms with Crippen molar-refractivity contribution in [1.82, 2.24) is 0 Å². The molecule has 3 nitrogen and oxygen atoms in total. The molecule has 1 rings (SSSR count). The molecule has 0 radical (unpaired) electrons. The number of rotatable bonds is 7. The Morgan fingerprint density at radius 2 is 1.89 bits per heavy atom. The van der Waals surface area contributed by atoms with E-state index in [9.17, 15) is 9.90 Å². The van der Waals surface area contributed by atoms with E-state index in [-0.39, 0.29) is 6.42 Å². The van der Waals surface area contributed by atoms with E-state index in [1.54, 1.807) is 13.0 Å². The van der Waals surface area contributed by atoms with Crippen LogP contribution in [0.15, 0.2) is 36.4 Å². The first kappa shape index (κ1) is 15.2. The largest absolute Gasteiger partial charge is 0.481 e. The maximum Gasteiger partial charge on any atom is 0.303 e. The fourth-order valence-corrected chi connectivity index (χ4v) is 1.64. The standard InChI is InChI=1S/C16H20O3/c1-13(17)11-12-15-9-6-5-8-14(15)7-3-2-4-10-16(18)19/h3,5-9,11-13,17H,2,4,10H2,1H3,(H,18,19)/b7-3+,12-11+. The van der Waals surface area contributed by atoms with Gasteiger partial charge in [0.1, 0.15) is 0 Å². The summed E-state index contributed by atoms with van der Waals surface area (Å²) in [5, 5.41) is 17.8. The second-order valence-corrected chi connectivity index (χ2v) is 4.42. The van der Waals surface area contributed by atoms with Gasteiger partial charge in [-0.15, -0.1) is 0 Å². The van der Waals surface area contributed by atoms with Crippen LogP contribution in [0.3, 0.4) is 0 Å². The highest BCUT2D eigenvalue weighted by Gasteiger charge is 1.96. The molecule has 1 aromatic carbocycles. The molecule has 0 aliphatic heterocycles. The van der Waals surface area contributed by atoms with Gasteiger partial charge in [-0.25, -0.2) is 0 Å². The van der Waals surface area contributed by atoms with E-state index in [4.69, 9.17) is 5.11 Å². The Kier molecular flexibility index (Phi) is 6.61. The summed E-state index contributed by atoms with van der Waals surface area (Å²) in [6.45, 7) is 1.71. The van der Waals surface area contributed by atoms with Crippen molar-refractivity contribution >= 4 is 18.1 Å². The Hall–Kier alpha value is -1.87. The van der Waals surface area contributed by atoms with Gasteiger partial charge in [0, 0.05) is 6.42 Å². The summed E-state index contributed by atoms with van der Waals surface area (Å²) in [7, 11) is 0. The molecule has 102 valence electrons. The molecular weight excluding hydrogens is 240 g/mol. The minimum absolute atomic E-state index is 0.202. The first-order chi connectivity index (χ1) is 9.09. The highest BCUT2D eigenvalue weighted by molar-refractivity contribution is 5.67. The van der Waals surface area contributed by atoms with Crippen LogP contribution < -0.4 is 0 Å². The predicted octanol–water partition coefficient (Wildman–Crippen LogP) is 3.35. The van der Waals surface area contributed by atoms with Gasteiger partial charge in [-0.05, 0) is 30.9 Å². The van der Waals surface area contributed by atoms with E-state index < -0.39 is 12.1 Å². The fraction of sp³-hybridized carbons (Fsp3) is 0.312. The molecule has 0 spiro atoms. The zero-order valence-corrected chi connectivity index (χ0v) is 11.1. The van der Waals surface area contributed by atoms with E-state index in [2.05, 4.69) is 0 Å². The third-order valence-electron chi connectivity index (χ3n) is 2.61. The van der Waals surface area contributed by atoms with Crippen LogP contribution in [0.25, 0.3) is 12.2 Å². The summed E-state index contributed by atoms with van der Waals surface area (Å²) in [6.07, 6.45) is 8.74. The maximum atomic E-state index is 10.4. The second-order valence-electron chi connectivity index (χ2n) is 4.42. The topological polar surface area (TPSA) is 57.5 Å². The number of hydrogen-bond donors (Lipinski definition) is 2. The Labute approximate surface area is 113 Å². The van der Waals surface area contributed by atoms with Gasteiger partial charge < -0.3 is 10.2 Å². The van der Waals surface area contributed by atoms with Gasteiger partial charge in [0.15, 0.2) is 0 Å². The summed E-state index contributed by atoms with van der Waals surface area (Å²) in [5.41, 5.74) is 2.10. The van der Waals surface area contributed by atoms with Crippen LogP contribution in [-0.4, -0.2) is 22.3 Å². The number of hydrogen-bond acceptors (Lipinski definition) is 2. The summed E-state index contributed by atoms with van der Waals surface area (Å²) in [4.78, 5) is 10.4. The van der Waals surface area contributed by atoms with Gasteiger partial charge in [0.2, 0.25) is 0 Å². The van der Waals surface area contributed by atoms with Crippen molar-refractivity contribution < 1.29 is 15.0 Å². The molecule has 0 aromatic heterocycles. The molecule has 1 aromatic rings. The van der Waals surface area contributed by atoms with Gasteiger partial charge in [0.05, 0.1) is 6.10 Å². The van der Waals surface area contributed by atoms with Crippen LogP contribution in [0.2, 0.25) is 0 Å². The summed E-state index contributed by atoms with van der Waals surface area (Å²) in [5.74, 6) is -0.756. The van der Waals surface area contributed by atoms with Crippen LogP contribution in [0.1, 0.15) is 37.3 Å². The molecule has 0 heterocycles. The molecule has 3 heteroatoms. The van der Waals surface area contributed by atoms with E-state index in [0.29, 0.717) is 6.42 Å². The predicted molar refractivity (Wildman–Crippen MR) is 77.7 cm³/mol. The quantitative estimate of drug-likeness (QED) is 0.739. The first-order valence-corrected chi connectivity index (χ1v) is 6.43. The second kappa shape index (κ2) is 8.27.